The van der Waals surface area contributed by atoms with E-state index in [0.717, 1.165) is 0 Å². The molecule has 0 spiro atoms. The highest BCUT2D eigenvalue weighted by atomic mass is 32.2. The largest absolute Gasteiger partial charge is 0.454 e. The molecule has 2 N–H and O–H groups in total. The Morgan fingerprint density at radius 3 is 2.33 bits per heavy atom. The molecule has 0 aliphatic rings. The molecular formula is C9H11O7PS. The summed E-state index contributed by atoms with van der Waals surface area (Å²) in [5, 5.41) is 0.0876. The molecule has 1 aromatic rings. The Bertz CT molecular complexity index is 566. The monoisotopic (exact) mass is 294 g/mol. The molecule has 0 radical (unpaired) electrons. The van der Waals surface area contributed by atoms with E-state index in [1.54, 1.807) is 6.07 Å². The van der Waals surface area contributed by atoms with Crippen LogP contribution in [0.3, 0.4) is 0 Å². The van der Waals surface area contributed by atoms with Gasteiger partial charge in [-0.3, -0.25) is 13.9 Å². The highest BCUT2D eigenvalue weighted by Gasteiger charge is 2.24. The highest BCUT2D eigenvalue weighted by Crippen LogP contribution is 2.38. The van der Waals surface area contributed by atoms with Crippen molar-refractivity contribution in [1.29, 1.82) is 0 Å². The van der Waals surface area contributed by atoms with E-state index in [1.165, 1.54) is 24.3 Å². The fourth-order valence-corrected chi connectivity index (χ4v) is 2.57. The summed E-state index contributed by atoms with van der Waals surface area (Å²) in [5.41, 5.74) is 0. The summed E-state index contributed by atoms with van der Waals surface area (Å²) in [7, 11) is -8.39. The molecule has 18 heavy (non-hydrogen) atoms. The van der Waals surface area contributed by atoms with Gasteiger partial charge in [-0.1, -0.05) is 18.2 Å². The molecule has 0 aliphatic carbocycles. The first-order chi connectivity index (χ1) is 8.21. The van der Waals surface area contributed by atoms with E-state index in [0.29, 0.717) is 0 Å². The van der Waals surface area contributed by atoms with E-state index in [-0.39, 0.29) is 5.30 Å². The van der Waals surface area contributed by atoms with Crippen LogP contribution in [0, 0.1) is 0 Å². The minimum absolute atomic E-state index is 0.0876. The summed E-state index contributed by atoms with van der Waals surface area (Å²) in [6.45, 7) is 0. The minimum Gasteiger partial charge on any atom is -0.454 e. The van der Waals surface area contributed by atoms with Gasteiger partial charge in [0.05, 0.1) is 0 Å². The van der Waals surface area contributed by atoms with Crippen LogP contribution < -0.4 is 5.30 Å². The summed E-state index contributed by atoms with van der Waals surface area (Å²) < 4.78 is 45.2. The molecule has 0 aromatic heterocycles. The Balaban J connectivity index is 2.64. The van der Waals surface area contributed by atoms with Crippen LogP contribution >= 0.6 is 7.37 Å². The number of hydrogen-bond donors (Lipinski definition) is 2. The van der Waals surface area contributed by atoms with E-state index in [2.05, 4.69) is 4.74 Å². The molecule has 9 heteroatoms. The number of esters is 1. The van der Waals surface area contributed by atoms with Crippen molar-refractivity contribution in [2.24, 2.45) is 0 Å². The molecule has 100 valence electrons. The Morgan fingerprint density at radius 2 is 1.83 bits per heavy atom. The molecule has 0 bridgehead atoms. The number of carbonyl (C=O) groups is 1. The zero-order valence-corrected chi connectivity index (χ0v) is 10.8. The quantitative estimate of drug-likeness (QED) is 0.444. The van der Waals surface area contributed by atoms with Crippen molar-refractivity contribution in [3.05, 3.63) is 30.3 Å². The smallest absolute Gasteiger partial charge is 0.324 e. The van der Waals surface area contributed by atoms with Gasteiger partial charge in [0.25, 0.3) is 17.5 Å². The van der Waals surface area contributed by atoms with Gasteiger partial charge in [-0.2, -0.15) is 8.42 Å². The van der Waals surface area contributed by atoms with E-state index < -0.39 is 35.6 Å². The fraction of sp³-hybridized carbons (Fsp3) is 0.222. The predicted octanol–water partition coefficient (Wildman–Crippen LogP) is -0.0292. The Morgan fingerprint density at radius 1 is 1.28 bits per heavy atom. The highest BCUT2D eigenvalue weighted by molar-refractivity contribution is 7.86. The van der Waals surface area contributed by atoms with Crippen LogP contribution in [-0.2, 0) is 24.2 Å². The summed E-state index contributed by atoms with van der Waals surface area (Å²) in [5.74, 6) is -2.54. The van der Waals surface area contributed by atoms with Crippen molar-refractivity contribution in [3.63, 3.8) is 0 Å². The topological polar surface area (TPSA) is 118 Å². The second kappa shape index (κ2) is 5.62. The summed E-state index contributed by atoms with van der Waals surface area (Å²) in [6, 6.07) is 7.50. The van der Waals surface area contributed by atoms with Crippen LogP contribution in [0.15, 0.2) is 30.3 Å². The minimum atomic E-state index is -4.50. The Kier molecular flexibility index (Phi) is 4.64. The van der Waals surface area contributed by atoms with Gasteiger partial charge >= 0.3 is 5.97 Å². The van der Waals surface area contributed by atoms with Gasteiger partial charge in [0.2, 0.25) is 0 Å². The zero-order valence-electron chi connectivity index (χ0n) is 9.09. The Labute approximate surface area is 104 Å². The molecule has 1 unspecified atom stereocenters. The van der Waals surface area contributed by atoms with E-state index >= 15 is 0 Å². The normalized spacial score (nSPS) is 14.8. The number of benzene rings is 1. The fourth-order valence-electron chi connectivity index (χ4n) is 1.09. The van der Waals surface area contributed by atoms with E-state index in [4.69, 9.17) is 4.55 Å². The number of ether oxygens (including phenoxy) is 1. The second-order valence-corrected chi connectivity index (χ2v) is 7.04. The van der Waals surface area contributed by atoms with E-state index in [9.17, 15) is 22.7 Å². The third kappa shape index (κ3) is 4.97. The molecule has 0 saturated heterocycles. The Hall–Kier alpha value is -1.21. The average molecular weight is 294 g/mol. The predicted molar refractivity (Wildman–Crippen MR) is 63.3 cm³/mol. The lowest BCUT2D eigenvalue weighted by Crippen LogP contribution is -2.19. The first kappa shape index (κ1) is 14.8. The average Bonchev–Trinajstić information content (AvgIpc) is 2.26. The van der Waals surface area contributed by atoms with Crippen LogP contribution in [0.2, 0.25) is 0 Å². The van der Waals surface area contributed by atoms with Crippen molar-refractivity contribution in [1.82, 2.24) is 0 Å². The standard InChI is InChI=1S/C9H11O7PS/c10-9(6-18(13,14)15)16-7-17(11,12)8-4-2-1-3-5-8/h1-5H,6-7H2,(H,11,12)(H,13,14,15). The van der Waals surface area contributed by atoms with Crippen LogP contribution in [0.4, 0.5) is 0 Å². The van der Waals surface area contributed by atoms with Crippen molar-refractivity contribution in [3.8, 4) is 0 Å². The van der Waals surface area contributed by atoms with Crippen LogP contribution in [-0.4, -0.2) is 35.9 Å². The first-order valence-electron chi connectivity index (χ1n) is 4.69. The van der Waals surface area contributed by atoms with Crippen molar-refractivity contribution in [2.45, 2.75) is 0 Å². The zero-order chi connectivity index (χ0) is 13.8. The van der Waals surface area contributed by atoms with Gasteiger partial charge in [0.1, 0.15) is 0 Å². The van der Waals surface area contributed by atoms with Gasteiger partial charge in [0.15, 0.2) is 12.1 Å². The second-order valence-electron chi connectivity index (χ2n) is 3.41. The summed E-state index contributed by atoms with van der Waals surface area (Å²) in [4.78, 5) is 20.5. The maximum atomic E-state index is 11.8. The molecule has 1 atom stereocenters. The number of carbonyl (C=O) groups excluding carboxylic acids is 1. The third-order valence-electron chi connectivity index (χ3n) is 1.86. The van der Waals surface area contributed by atoms with Gasteiger partial charge in [0, 0.05) is 5.30 Å². The maximum Gasteiger partial charge on any atom is 0.324 e. The lowest BCUT2D eigenvalue weighted by atomic mass is 10.4. The molecule has 0 aliphatic heterocycles. The SMILES string of the molecule is O=C(CS(=O)(=O)O)OCP(=O)(O)c1ccccc1. The molecule has 1 rings (SSSR count). The maximum absolute atomic E-state index is 11.8. The lowest BCUT2D eigenvalue weighted by molar-refractivity contribution is -0.138. The van der Waals surface area contributed by atoms with E-state index in [1.807, 2.05) is 0 Å². The van der Waals surface area contributed by atoms with Gasteiger partial charge in [-0.15, -0.1) is 0 Å². The molecule has 0 heterocycles. The molecular weight excluding hydrogens is 283 g/mol. The van der Waals surface area contributed by atoms with Crippen LogP contribution in [0.5, 0.6) is 0 Å². The number of rotatable bonds is 5. The van der Waals surface area contributed by atoms with Crippen molar-refractivity contribution >= 4 is 28.8 Å². The first-order valence-corrected chi connectivity index (χ1v) is 8.14. The van der Waals surface area contributed by atoms with Crippen molar-refractivity contribution in [2.75, 3.05) is 12.1 Å². The van der Waals surface area contributed by atoms with Crippen LogP contribution in [0.1, 0.15) is 0 Å². The van der Waals surface area contributed by atoms with Gasteiger partial charge < -0.3 is 9.63 Å². The molecule has 1 aromatic carbocycles. The molecule has 0 saturated carbocycles. The summed E-state index contributed by atoms with van der Waals surface area (Å²) >= 11 is 0. The number of hydrogen-bond acceptors (Lipinski definition) is 5. The molecule has 7 nitrogen and oxygen atoms in total. The summed E-state index contributed by atoms with van der Waals surface area (Å²) in [6.07, 6.45) is -0.842. The van der Waals surface area contributed by atoms with Gasteiger partial charge in [-0.25, -0.2) is 0 Å². The lowest BCUT2D eigenvalue weighted by Gasteiger charge is -2.11. The van der Waals surface area contributed by atoms with Crippen LogP contribution in [0.25, 0.3) is 0 Å². The van der Waals surface area contributed by atoms with Crippen molar-refractivity contribution < 1.29 is 32.0 Å². The van der Waals surface area contributed by atoms with Gasteiger partial charge in [-0.05, 0) is 12.1 Å². The molecule has 0 fully saturated rings. The third-order valence-corrected chi connectivity index (χ3v) is 4.05. The molecule has 0 amide bonds.